The van der Waals surface area contributed by atoms with Crippen LogP contribution in [0, 0.1) is 0 Å². The van der Waals surface area contributed by atoms with Crippen molar-refractivity contribution in [2.45, 2.75) is 32.9 Å². The highest BCUT2D eigenvalue weighted by atomic mass is 32.2. The Bertz CT molecular complexity index is 223. The molecule has 14 heavy (non-hydrogen) atoms. The van der Waals surface area contributed by atoms with Gasteiger partial charge < -0.3 is 10.3 Å². The fourth-order valence-corrected chi connectivity index (χ4v) is 1.98. The average molecular weight is 213 g/mol. The monoisotopic (exact) mass is 213 g/mol. The molecule has 2 N–H and O–H groups in total. The number of hydrogen-bond donors (Lipinski definition) is 2. The Morgan fingerprint density at radius 2 is 2.50 bits per heavy atom. The molecular weight excluding hydrogens is 194 g/mol. The molecule has 0 bridgehead atoms. The summed E-state index contributed by atoms with van der Waals surface area (Å²) in [6, 6.07) is 0.569. The zero-order valence-corrected chi connectivity index (χ0v) is 9.73. The first-order valence-electron chi connectivity index (χ1n) is 5.12. The zero-order chi connectivity index (χ0) is 10.2. The first-order valence-corrected chi connectivity index (χ1v) is 6.27. The molecule has 1 rings (SSSR count). The summed E-state index contributed by atoms with van der Waals surface area (Å²) < 4.78 is 0. The number of rotatable bonds is 7. The van der Waals surface area contributed by atoms with Gasteiger partial charge in [0.1, 0.15) is 5.82 Å². The van der Waals surface area contributed by atoms with E-state index >= 15 is 0 Å². The van der Waals surface area contributed by atoms with E-state index in [4.69, 9.17) is 0 Å². The van der Waals surface area contributed by atoms with Crippen LogP contribution in [-0.2, 0) is 6.54 Å². The van der Waals surface area contributed by atoms with Crippen LogP contribution in [0.2, 0.25) is 0 Å². The second-order valence-electron chi connectivity index (χ2n) is 3.30. The summed E-state index contributed by atoms with van der Waals surface area (Å²) in [5.41, 5.74) is 0. The van der Waals surface area contributed by atoms with E-state index in [0.29, 0.717) is 6.04 Å². The van der Waals surface area contributed by atoms with Crippen molar-refractivity contribution in [1.29, 1.82) is 0 Å². The van der Waals surface area contributed by atoms with E-state index in [0.717, 1.165) is 12.4 Å². The van der Waals surface area contributed by atoms with Gasteiger partial charge in [0.15, 0.2) is 0 Å². The summed E-state index contributed by atoms with van der Waals surface area (Å²) >= 11 is 2.00. The Balaban J connectivity index is 2.06. The number of imidazole rings is 1. The predicted octanol–water partition coefficient (Wildman–Crippen LogP) is 2.03. The van der Waals surface area contributed by atoms with Crippen molar-refractivity contribution in [1.82, 2.24) is 15.3 Å². The van der Waals surface area contributed by atoms with E-state index < -0.39 is 0 Å². The first-order chi connectivity index (χ1) is 6.83. The maximum atomic E-state index is 4.16. The molecule has 1 aromatic heterocycles. The van der Waals surface area contributed by atoms with Crippen LogP contribution in [0.25, 0.3) is 0 Å². The molecule has 0 aliphatic carbocycles. The van der Waals surface area contributed by atoms with Crippen molar-refractivity contribution < 1.29 is 0 Å². The average Bonchev–Trinajstić information content (AvgIpc) is 2.68. The van der Waals surface area contributed by atoms with Crippen molar-refractivity contribution in [3.05, 3.63) is 18.2 Å². The Labute approximate surface area is 90.1 Å². The zero-order valence-electron chi connectivity index (χ0n) is 8.92. The lowest BCUT2D eigenvalue weighted by Crippen LogP contribution is -2.26. The molecule has 0 saturated heterocycles. The lowest BCUT2D eigenvalue weighted by molar-refractivity contribution is 0.528. The van der Waals surface area contributed by atoms with Crippen molar-refractivity contribution in [3.8, 4) is 0 Å². The van der Waals surface area contributed by atoms with Crippen LogP contribution in [0.1, 0.15) is 26.1 Å². The standard InChI is InChI=1S/C10H19N3S/c1-3-14-7-4-9(2)13-8-10-11-5-6-12-10/h5-6,9,13H,3-4,7-8H2,1-2H3,(H,11,12). The van der Waals surface area contributed by atoms with E-state index in [1.807, 2.05) is 18.0 Å². The van der Waals surface area contributed by atoms with E-state index in [1.165, 1.54) is 17.9 Å². The van der Waals surface area contributed by atoms with Gasteiger partial charge in [-0.1, -0.05) is 6.92 Å². The lowest BCUT2D eigenvalue weighted by atomic mass is 10.2. The number of nitrogens with one attached hydrogen (secondary N) is 2. The van der Waals surface area contributed by atoms with E-state index in [1.54, 1.807) is 6.20 Å². The van der Waals surface area contributed by atoms with Crippen molar-refractivity contribution in [3.63, 3.8) is 0 Å². The molecule has 0 fully saturated rings. The van der Waals surface area contributed by atoms with Crippen LogP contribution in [0.5, 0.6) is 0 Å². The Hall–Kier alpha value is -0.480. The van der Waals surface area contributed by atoms with Crippen molar-refractivity contribution >= 4 is 11.8 Å². The molecule has 0 aromatic carbocycles. The third kappa shape index (κ3) is 4.67. The highest BCUT2D eigenvalue weighted by Gasteiger charge is 2.01. The topological polar surface area (TPSA) is 40.7 Å². The van der Waals surface area contributed by atoms with Crippen molar-refractivity contribution in [2.75, 3.05) is 11.5 Å². The second kappa shape index (κ2) is 6.90. The quantitative estimate of drug-likeness (QED) is 0.681. The number of aromatic amines is 1. The van der Waals surface area contributed by atoms with E-state index in [2.05, 4.69) is 29.1 Å². The minimum Gasteiger partial charge on any atom is -0.348 e. The SMILES string of the molecule is CCSCCC(C)NCc1ncc[nH]1. The molecule has 1 unspecified atom stereocenters. The van der Waals surface area contributed by atoms with Crippen LogP contribution in [0.4, 0.5) is 0 Å². The molecule has 1 atom stereocenters. The van der Waals surface area contributed by atoms with Crippen LogP contribution < -0.4 is 5.32 Å². The molecule has 0 amide bonds. The number of nitrogens with zero attached hydrogens (tertiary/aromatic N) is 1. The molecule has 0 aliphatic rings. The number of aromatic nitrogens is 2. The van der Waals surface area contributed by atoms with Gasteiger partial charge in [0, 0.05) is 18.4 Å². The first kappa shape index (κ1) is 11.6. The van der Waals surface area contributed by atoms with E-state index in [-0.39, 0.29) is 0 Å². The van der Waals surface area contributed by atoms with Gasteiger partial charge in [-0.05, 0) is 24.9 Å². The minimum atomic E-state index is 0.569. The van der Waals surface area contributed by atoms with Crippen LogP contribution in [0.15, 0.2) is 12.4 Å². The van der Waals surface area contributed by atoms with Crippen LogP contribution in [-0.4, -0.2) is 27.5 Å². The van der Waals surface area contributed by atoms with Crippen LogP contribution in [0.3, 0.4) is 0 Å². The van der Waals surface area contributed by atoms with Crippen LogP contribution >= 0.6 is 11.8 Å². The van der Waals surface area contributed by atoms with Gasteiger partial charge in [0.25, 0.3) is 0 Å². The minimum absolute atomic E-state index is 0.569. The second-order valence-corrected chi connectivity index (χ2v) is 4.70. The van der Waals surface area contributed by atoms with Gasteiger partial charge in [-0.2, -0.15) is 11.8 Å². The molecule has 0 radical (unpaired) electrons. The maximum absolute atomic E-state index is 4.16. The molecule has 80 valence electrons. The Morgan fingerprint density at radius 1 is 1.64 bits per heavy atom. The normalized spacial score (nSPS) is 13.0. The Morgan fingerprint density at radius 3 is 3.14 bits per heavy atom. The van der Waals surface area contributed by atoms with E-state index in [9.17, 15) is 0 Å². The van der Waals surface area contributed by atoms with Gasteiger partial charge in [-0.25, -0.2) is 4.98 Å². The highest BCUT2D eigenvalue weighted by Crippen LogP contribution is 2.03. The summed E-state index contributed by atoms with van der Waals surface area (Å²) in [5.74, 6) is 3.47. The smallest absolute Gasteiger partial charge is 0.120 e. The number of H-pyrrole nitrogens is 1. The third-order valence-corrected chi connectivity index (χ3v) is 3.00. The van der Waals surface area contributed by atoms with Gasteiger partial charge in [-0.15, -0.1) is 0 Å². The predicted molar refractivity (Wildman–Crippen MR) is 62.5 cm³/mol. The van der Waals surface area contributed by atoms with Gasteiger partial charge >= 0.3 is 0 Å². The molecule has 1 heterocycles. The van der Waals surface area contributed by atoms with Gasteiger partial charge in [0.05, 0.1) is 6.54 Å². The molecule has 1 aromatic rings. The largest absolute Gasteiger partial charge is 0.348 e. The molecule has 0 aliphatic heterocycles. The molecule has 3 nitrogen and oxygen atoms in total. The fraction of sp³-hybridized carbons (Fsp3) is 0.700. The summed E-state index contributed by atoms with van der Waals surface area (Å²) in [4.78, 5) is 7.24. The van der Waals surface area contributed by atoms with Gasteiger partial charge in [-0.3, -0.25) is 0 Å². The lowest BCUT2D eigenvalue weighted by Gasteiger charge is -2.11. The maximum Gasteiger partial charge on any atom is 0.120 e. The summed E-state index contributed by atoms with van der Waals surface area (Å²) in [6.07, 6.45) is 4.86. The number of thioether (sulfide) groups is 1. The molecule has 0 saturated carbocycles. The summed E-state index contributed by atoms with van der Waals surface area (Å²) in [7, 11) is 0. The summed E-state index contributed by atoms with van der Waals surface area (Å²) in [5, 5.41) is 3.44. The number of hydrogen-bond acceptors (Lipinski definition) is 3. The molecule has 0 spiro atoms. The highest BCUT2D eigenvalue weighted by molar-refractivity contribution is 7.99. The van der Waals surface area contributed by atoms with Gasteiger partial charge in [0.2, 0.25) is 0 Å². The van der Waals surface area contributed by atoms with Crippen molar-refractivity contribution in [2.24, 2.45) is 0 Å². The summed E-state index contributed by atoms with van der Waals surface area (Å²) in [6.45, 7) is 5.26. The Kier molecular flexibility index (Phi) is 5.71. The third-order valence-electron chi connectivity index (χ3n) is 2.07. The molecule has 4 heteroatoms. The fourth-order valence-electron chi connectivity index (χ4n) is 1.17. The molecular formula is C10H19N3S.